The summed E-state index contributed by atoms with van der Waals surface area (Å²) >= 11 is 0. The summed E-state index contributed by atoms with van der Waals surface area (Å²) in [4.78, 5) is 5.56. The van der Waals surface area contributed by atoms with E-state index in [2.05, 4.69) is 58.6 Å². The Bertz CT molecular complexity index is 1310. The fourth-order valence-corrected chi connectivity index (χ4v) is 5.23. The summed E-state index contributed by atoms with van der Waals surface area (Å²) in [5, 5.41) is 13.1. The highest BCUT2D eigenvalue weighted by molar-refractivity contribution is 5.92. The smallest absolute Gasteiger partial charge is 0.354 e. The summed E-state index contributed by atoms with van der Waals surface area (Å²) in [7, 11) is 0. The molecule has 180 valence electrons. The third kappa shape index (κ3) is 4.41. The van der Waals surface area contributed by atoms with Crippen molar-refractivity contribution in [3.63, 3.8) is 0 Å². The third-order valence-corrected chi connectivity index (χ3v) is 6.98. The van der Waals surface area contributed by atoms with Crippen LogP contribution in [0.25, 0.3) is 27.8 Å². The predicted octanol–water partition coefficient (Wildman–Crippen LogP) is 5.84. The van der Waals surface area contributed by atoms with Crippen molar-refractivity contribution in [3.05, 3.63) is 47.2 Å². The summed E-state index contributed by atoms with van der Waals surface area (Å²) in [6.45, 7) is 7.91. The number of likely N-dealkylation sites (tertiary alicyclic amines) is 1. The summed E-state index contributed by atoms with van der Waals surface area (Å²) < 4.78 is 39.4. The lowest BCUT2D eigenvalue weighted by atomic mass is 9.87. The van der Waals surface area contributed by atoms with Crippen LogP contribution in [-0.4, -0.2) is 55.7 Å². The summed E-state index contributed by atoms with van der Waals surface area (Å²) in [6, 6.07) is 8.69. The quantitative estimate of drug-likeness (QED) is 0.398. The van der Waals surface area contributed by atoms with Gasteiger partial charge in [0.2, 0.25) is 0 Å². The Morgan fingerprint density at radius 2 is 1.91 bits per heavy atom. The topological polar surface area (TPSA) is 62.1 Å². The number of fused-ring (bicyclic) bond motifs is 2. The largest absolute Gasteiger partial charge is 0.390 e. The Labute approximate surface area is 196 Å². The SMILES string of the molecule is Cc1cc(-c2[nH]c3ccc(C4CCN(CCC(F)(F)F)CC4)cc3c2C(C)C)cn2nnnc12. The number of aromatic amines is 1. The summed E-state index contributed by atoms with van der Waals surface area (Å²) in [5.41, 5.74) is 7.47. The van der Waals surface area contributed by atoms with Crippen molar-refractivity contribution in [2.45, 2.75) is 58.0 Å². The van der Waals surface area contributed by atoms with Crippen molar-refractivity contribution in [2.24, 2.45) is 0 Å². The molecule has 4 aromatic rings. The minimum atomic E-state index is -4.09. The first-order valence-corrected chi connectivity index (χ1v) is 11.8. The van der Waals surface area contributed by atoms with E-state index in [4.69, 9.17) is 0 Å². The normalized spacial score (nSPS) is 16.3. The van der Waals surface area contributed by atoms with E-state index in [0.717, 1.165) is 40.8 Å². The molecule has 1 aromatic carbocycles. The van der Waals surface area contributed by atoms with Crippen molar-refractivity contribution in [3.8, 4) is 11.3 Å². The second-order valence-electron chi connectivity index (χ2n) is 9.71. The van der Waals surface area contributed by atoms with E-state index in [9.17, 15) is 13.2 Å². The van der Waals surface area contributed by atoms with Gasteiger partial charge in [0.15, 0.2) is 5.65 Å². The molecule has 1 fully saturated rings. The van der Waals surface area contributed by atoms with Gasteiger partial charge in [-0.1, -0.05) is 19.9 Å². The minimum Gasteiger partial charge on any atom is -0.354 e. The molecule has 9 heteroatoms. The molecule has 0 atom stereocenters. The van der Waals surface area contributed by atoms with Gasteiger partial charge in [0.05, 0.1) is 12.1 Å². The van der Waals surface area contributed by atoms with Crippen LogP contribution in [0, 0.1) is 6.92 Å². The van der Waals surface area contributed by atoms with Crippen LogP contribution >= 0.6 is 0 Å². The zero-order valence-corrected chi connectivity index (χ0v) is 19.7. The third-order valence-electron chi connectivity index (χ3n) is 6.98. The Balaban J connectivity index is 1.44. The molecule has 0 saturated carbocycles. The number of pyridine rings is 1. The molecule has 1 saturated heterocycles. The molecule has 6 nitrogen and oxygen atoms in total. The van der Waals surface area contributed by atoms with Gasteiger partial charge < -0.3 is 9.88 Å². The number of tetrazole rings is 1. The van der Waals surface area contributed by atoms with E-state index in [1.54, 1.807) is 4.52 Å². The molecule has 34 heavy (non-hydrogen) atoms. The Morgan fingerprint density at radius 1 is 1.15 bits per heavy atom. The first kappa shape index (κ1) is 22.8. The van der Waals surface area contributed by atoms with Crippen LogP contribution in [0.5, 0.6) is 0 Å². The molecule has 0 radical (unpaired) electrons. The van der Waals surface area contributed by atoms with E-state index < -0.39 is 12.6 Å². The van der Waals surface area contributed by atoms with Gasteiger partial charge >= 0.3 is 6.18 Å². The van der Waals surface area contributed by atoms with Crippen LogP contribution in [0.1, 0.15) is 61.6 Å². The molecule has 4 heterocycles. The highest BCUT2D eigenvalue weighted by Gasteiger charge is 2.29. The van der Waals surface area contributed by atoms with Crippen LogP contribution in [-0.2, 0) is 0 Å². The molecule has 1 aliphatic heterocycles. The monoisotopic (exact) mass is 470 g/mol. The Morgan fingerprint density at radius 3 is 2.62 bits per heavy atom. The van der Waals surface area contributed by atoms with Gasteiger partial charge in [-0.25, -0.2) is 0 Å². The second-order valence-corrected chi connectivity index (χ2v) is 9.71. The molecule has 0 unspecified atom stereocenters. The van der Waals surface area contributed by atoms with E-state index in [1.165, 1.54) is 16.5 Å². The van der Waals surface area contributed by atoms with Gasteiger partial charge in [0, 0.05) is 29.2 Å². The number of hydrogen-bond acceptors (Lipinski definition) is 4. The van der Waals surface area contributed by atoms with Gasteiger partial charge in [0.25, 0.3) is 0 Å². The van der Waals surface area contributed by atoms with E-state index >= 15 is 0 Å². The summed E-state index contributed by atoms with van der Waals surface area (Å²) in [5.74, 6) is 0.665. The zero-order valence-electron chi connectivity index (χ0n) is 19.7. The molecular weight excluding hydrogens is 441 g/mol. The molecule has 0 amide bonds. The number of aromatic nitrogens is 5. The summed E-state index contributed by atoms with van der Waals surface area (Å²) in [6.07, 6.45) is -1.10. The van der Waals surface area contributed by atoms with Gasteiger partial charge in [-0.3, -0.25) is 0 Å². The maximum Gasteiger partial charge on any atom is 0.390 e. The molecular formula is C25H29F3N6. The molecule has 1 N–H and O–H groups in total. The average molecular weight is 471 g/mol. The molecule has 5 rings (SSSR count). The fourth-order valence-electron chi connectivity index (χ4n) is 5.23. The molecule has 0 bridgehead atoms. The number of aryl methyl sites for hydroxylation is 1. The van der Waals surface area contributed by atoms with Gasteiger partial charge in [-0.2, -0.15) is 17.7 Å². The molecule has 1 aliphatic rings. The predicted molar refractivity (Wildman–Crippen MR) is 126 cm³/mol. The number of nitrogens with zero attached hydrogens (tertiary/aromatic N) is 5. The molecule has 3 aromatic heterocycles. The number of benzene rings is 1. The van der Waals surface area contributed by atoms with Crippen molar-refractivity contribution < 1.29 is 13.2 Å². The number of rotatable bonds is 5. The van der Waals surface area contributed by atoms with Gasteiger partial charge in [-0.05, 0) is 90.0 Å². The average Bonchev–Trinajstić information content (AvgIpc) is 3.42. The van der Waals surface area contributed by atoms with E-state index in [1.807, 2.05) is 18.0 Å². The van der Waals surface area contributed by atoms with Crippen LogP contribution in [0.2, 0.25) is 0 Å². The van der Waals surface area contributed by atoms with E-state index in [-0.39, 0.29) is 6.54 Å². The number of hydrogen-bond donors (Lipinski definition) is 1. The molecule has 0 spiro atoms. The highest BCUT2D eigenvalue weighted by atomic mass is 19.4. The number of piperidine rings is 1. The lowest BCUT2D eigenvalue weighted by Crippen LogP contribution is -2.35. The zero-order chi connectivity index (χ0) is 24.0. The molecule has 0 aliphatic carbocycles. The number of alkyl halides is 3. The standard InChI is InChI=1S/C25H29F3N6/c1-15(2)22-20-13-18(17-6-9-33(10-7-17)11-8-25(26,27)28)4-5-21(20)29-23(22)19-12-16(3)24-30-31-32-34(24)14-19/h4-5,12-15,17,29H,6-11H2,1-3H3. The van der Waals surface area contributed by atoms with E-state index in [0.29, 0.717) is 24.9 Å². The Hall–Kier alpha value is -2.94. The number of H-pyrrole nitrogens is 1. The first-order chi connectivity index (χ1) is 16.2. The Kier molecular flexibility index (Phi) is 5.83. The second kappa shape index (κ2) is 8.69. The van der Waals surface area contributed by atoms with Gasteiger partial charge in [0.1, 0.15) is 0 Å². The number of nitrogens with one attached hydrogen (secondary N) is 1. The van der Waals surface area contributed by atoms with Crippen molar-refractivity contribution in [1.29, 1.82) is 0 Å². The van der Waals surface area contributed by atoms with Crippen molar-refractivity contribution >= 4 is 16.6 Å². The first-order valence-electron chi connectivity index (χ1n) is 11.8. The van der Waals surface area contributed by atoms with Crippen LogP contribution in [0.3, 0.4) is 0 Å². The fraction of sp³-hybridized carbons (Fsp3) is 0.480. The van der Waals surface area contributed by atoms with Crippen molar-refractivity contribution in [1.82, 2.24) is 29.9 Å². The lowest BCUT2D eigenvalue weighted by molar-refractivity contribution is -0.138. The lowest BCUT2D eigenvalue weighted by Gasteiger charge is -2.32. The minimum absolute atomic E-state index is 0.0962. The maximum atomic E-state index is 12.6. The van der Waals surface area contributed by atoms with Crippen LogP contribution in [0.4, 0.5) is 13.2 Å². The van der Waals surface area contributed by atoms with Crippen LogP contribution in [0.15, 0.2) is 30.5 Å². The highest BCUT2D eigenvalue weighted by Crippen LogP contribution is 2.38. The van der Waals surface area contributed by atoms with Gasteiger partial charge in [-0.15, -0.1) is 5.10 Å². The van der Waals surface area contributed by atoms with Crippen LogP contribution < -0.4 is 0 Å². The maximum absolute atomic E-state index is 12.6. The van der Waals surface area contributed by atoms with Crippen molar-refractivity contribution in [2.75, 3.05) is 19.6 Å². The number of halogens is 3.